The summed E-state index contributed by atoms with van der Waals surface area (Å²) < 4.78 is 9.32. The van der Waals surface area contributed by atoms with Gasteiger partial charge in [-0.3, -0.25) is 9.36 Å². The van der Waals surface area contributed by atoms with Gasteiger partial charge in [-0.05, 0) is 25.1 Å². The lowest BCUT2D eigenvalue weighted by Crippen LogP contribution is -2.41. The summed E-state index contributed by atoms with van der Waals surface area (Å²) >= 11 is 6.06. The average molecular weight is 349 g/mol. The van der Waals surface area contributed by atoms with E-state index in [9.17, 15) is 9.59 Å². The molecule has 0 bridgehead atoms. The van der Waals surface area contributed by atoms with Gasteiger partial charge < -0.3 is 9.30 Å². The van der Waals surface area contributed by atoms with Gasteiger partial charge in [0.15, 0.2) is 11.2 Å². The van der Waals surface area contributed by atoms with Gasteiger partial charge in [-0.25, -0.2) is 14.3 Å². The molecule has 0 spiro atoms. The maximum Gasteiger partial charge on any atom is 0.337 e. The molecule has 8 heteroatoms. The number of fused-ring (bicyclic) bond motifs is 1. The monoisotopic (exact) mass is 348 g/mol. The van der Waals surface area contributed by atoms with Crippen molar-refractivity contribution >= 4 is 22.8 Å². The van der Waals surface area contributed by atoms with E-state index in [1.807, 2.05) is 6.92 Å². The minimum atomic E-state index is -0.465. The number of ether oxygens (including phenoxy) is 1. The van der Waals surface area contributed by atoms with Gasteiger partial charge in [0.2, 0.25) is 0 Å². The quantitative estimate of drug-likeness (QED) is 0.703. The fraction of sp³-hybridized carbons (Fsp3) is 0.312. The molecule has 0 saturated heterocycles. The van der Waals surface area contributed by atoms with Crippen LogP contribution in [0.15, 0.2) is 40.2 Å². The highest BCUT2D eigenvalue weighted by atomic mass is 35.5. The van der Waals surface area contributed by atoms with Gasteiger partial charge in [-0.15, -0.1) is 0 Å². The highest BCUT2D eigenvalue weighted by Crippen LogP contribution is 2.17. The first-order valence-electron chi connectivity index (χ1n) is 7.54. The summed E-state index contributed by atoms with van der Waals surface area (Å²) in [6, 6.07) is 6.89. The molecule has 0 radical (unpaired) electrons. The predicted octanol–water partition coefficient (Wildman–Crippen LogP) is 1.67. The Bertz CT molecular complexity index is 1000. The largest absolute Gasteiger partial charge is 0.383 e. The summed E-state index contributed by atoms with van der Waals surface area (Å²) in [4.78, 5) is 29.9. The second kappa shape index (κ2) is 6.62. The number of halogens is 1. The summed E-state index contributed by atoms with van der Waals surface area (Å²) in [7, 11) is 1.52. The number of hydrogen-bond acceptors (Lipinski definition) is 4. The molecule has 0 N–H and O–H groups in total. The van der Waals surface area contributed by atoms with E-state index < -0.39 is 5.69 Å². The van der Waals surface area contributed by atoms with Crippen LogP contribution in [0.5, 0.6) is 0 Å². The van der Waals surface area contributed by atoms with Crippen LogP contribution >= 0.6 is 11.6 Å². The number of hydrogen-bond donors (Lipinski definition) is 0. The lowest BCUT2D eigenvalue weighted by atomic mass is 10.3. The smallest absolute Gasteiger partial charge is 0.337 e. The van der Waals surface area contributed by atoms with Crippen molar-refractivity contribution < 1.29 is 4.74 Å². The second-order valence-electron chi connectivity index (χ2n) is 5.25. The Hall–Kier alpha value is -2.38. The van der Waals surface area contributed by atoms with E-state index in [-0.39, 0.29) is 18.7 Å². The van der Waals surface area contributed by atoms with Gasteiger partial charge in [-0.2, -0.15) is 0 Å². The molecular weight excluding hydrogens is 332 g/mol. The molecule has 0 fully saturated rings. The maximum atomic E-state index is 12.9. The van der Waals surface area contributed by atoms with Crippen LogP contribution in [-0.2, 0) is 17.8 Å². The lowest BCUT2D eigenvalue weighted by molar-refractivity contribution is 0.184. The fourth-order valence-corrected chi connectivity index (χ4v) is 2.83. The first kappa shape index (κ1) is 16.5. The van der Waals surface area contributed by atoms with Crippen LogP contribution < -0.4 is 11.2 Å². The molecule has 0 aliphatic rings. The van der Waals surface area contributed by atoms with E-state index in [4.69, 9.17) is 16.3 Å². The van der Waals surface area contributed by atoms with Gasteiger partial charge in [0, 0.05) is 18.7 Å². The molecular formula is C16H17ClN4O3. The fourth-order valence-electron chi connectivity index (χ4n) is 2.65. The van der Waals surface area contributed by atoms with Crippen LogP contribution in [0.2, 0.25) is 5.02 Å². The van der Waals surface area contributed by atoms with Crippen molar-refractivity contribution in [3.05, 3.63) is 56.5 Å². The normalized spacial score (nSPS) is 11.3. The van der Waals surface area contributed by atoms with Crippen molar-refractivity contribution in [3.8, 4) is 5.69 Å². The van der Waals surface area contributed by atoms with Gasteiger partial charge in [0.05, 0.1) is 25.2 Å². The number of benzene rings is 1. The number of imidazole rings is 1. The van der Waals surface area contributed by atoms with Gasteiger partial charge in [0.25, 0.3) is 5.56 Å². The standard InChI is InChI=1S/C16H17ClN4O3/c1-3-19-10-18-14-13(19)15(22)20(7-8-24-2)16(23)21(14)12-6-4-5-11(17)9-12/h4-6,9-10H,3,7-8H2,1-2H3. The number of aromatic nitrogens is 4. The zero-order valence-corrected chi connectivity index (χ0v) is 14.2. The Labute approximate surface area is 142 Å². The zero-order chi connectivity index (χ0) is 17.3. The molecule has 1 aromatic carbocycles. The topological polar surface area (TPSA) is 71.1 Å². The number of rotatable bonds is 5. The highest BCUT2D eigenvalue weighted by Gasteiger charge is 2.18. The van der Waals surface area contributed by atoms with E-state index in [2.05, 4.69) is 4.98 Å². The van der Waals surface area contributed by atoms with Gasteiger partial charge in [-0.1, -0.05) is 17.7 Å². The van der Waals surface area contributed by atoms with Crippen LogP contribution in [0.4, 0.5) is 0 Å². The Morgan fingerprint density at radius 1 is 1.29 bits per heavy atom. The molecule has 2 heterocycles. The molecule has 0 amide bonds. The van der Waals surface area contributed by atoms with Crippen LogP contribution in [0.1, 0.15) is 6.92 Å². The van der Waals surface area contributed by atoms with Crippen molar-refractivity contribution in [3.63, 3.8) is 0 Å². The van der Waals surface area contributed by atoms with Crippen molar-refractivity contribution in [2.75, 3.05) is 13.7 Å². The summed E-state index contributed by atoms with van der Waals surface area (Å²) in [6.07, 6.45) is 1.56. The number of nitrogens with zero attached hydrogens (tertiary/aromatic N) is 4. The molecule has 7 nitrogen and oxygen atoms in total. The predicted molar refractivity (Wildman–Crippen MR) is 92.2 cm³/mol. The third kappa shape index (κ3) is 2.65. The van der Waals surface area contributed by atoms with Crippen LogP contribution in [0, 0.1) is 0 Å². The minimum Gasteiger partial charge on any atom is -0.383 e. The summed E-state index contributed by atoms with van der Waals surface area (Å²) in [5.41, 5.74) is 0.429. The lowest BCUT2D eigenvalue weighted by Gasteiger charge is -2.12. The molecule has 0 aliphatic carbocycles. The molecule has 3 rings (SSSR count). The first-order valence-corrected chi connectivity index (χ1v) is 7.91. The van der Waals surface area contributed by atoms with Crippen molar-refractivity contribution in [2.24, 2.45) is 0 Å². The average Bonchev–Trinajstić information content (AvgIpc) is 2.99. The summed E-state index contributed by atoms with van der Waals surface area (Å²) in [6.45, 7) is 2.91. The summed E-state index contributed by atoms with van der Waals surface area (Å²) in [5.74, 6) is 0. The first-order chi connectivity index (χ1) is 11.6. The molecule has 0 unspecified atom stereocenters. The Morgan fingerprint density at radius 3 is 2.75 bits per heavy atom. The van der Waals surface area contributed by atoms with Crippen LogP contribution in [-0.4, -0.2) is 32.4 Å². The number of methoxy groups -OCH3 is 1. The van der Waals surface area contributed by atoms with E-state index in [1.54, 1.807) is 35.2 Å². The van der Waals surface area contributed by atoms with Gasteiger partial charge >= 0.3 is 5.69 Å². The SMILES string of the molecule is CCn1cnc2c1c(=O)n(CCOC)c(=O)n2-c1cccc(Cl)c1. The zero-order valence-electron chi connectivity index (χ0n) is 13.4. The molecule has 2 aromatic heterocycles. The molecule has 24 heavy (non-hydrogen) atoms. The van der Waals surface area contributed by atoms with Crippen LogP contribution in [0.3, 0.4) is 0 Å². The van der Waals surface area contributed by atoms with Gasteiger partial charge in [0.1, 0.15) is 0 Å². The van der Waals surface area contributed by atoms with E-state index in [0.29, 0.717) is 28.4 Å². The third-order valence-electron chi connectivity index (χ3n) is 3.83. The van der Waals surface area contributed by atoms with E-state index in [0.717, 1.165) is 0 Å². The molecule has 0 atom stereocenters. The molecule has 0 aliphatic heterocycles. The maximum absolute atomic E-state index is 12.9. The minimum absolute atomic E-state index is 0.166. The second-order valence-corrected chi connectivity index (χ2v) is 5.69. The van der Waals surface area contributed by atoms with Crippen LogP contribution in [0.25, 0.3) is 16.9 Å². The molecule has 126 valence electrons. The molecule has 0 saturated carbocycles. The van der Waals surface area contributed by atoms with E-state index >= 15 is 0 Å². The van der Waals surface area contributed by atoms with Crippen molar-refractivity contribution in [1.82, 2.24) is 18.7 Å². The number of aryl methyl sites for hydroxylation is 1. The van der Waals surface area contributed by atoms with Crippen molar-refractivity contribution in [1.29, 1.82) is 0 Å². The Balaban J connectivity index is 2.41. The Morgan fingerprint density at radius 2 is 2.08 bits per heavy atom. The van der Waals surface area contributed by atoms with E-state index in [1.165, 1.54) is 16.2 Å². The third-order valence-corrected chi connectivity index (χ3v) is 4.06. The van der Waals surface area contributed by atoms with Crippen molar-refractivity contribution in [2.45, 2.75) is 20.0 Å². The summed E-state index contributed by atoms with van der Waals surface area (Å²) in [5, 5.41) is 0.497. The highest BCUT2D eigenvalue weighted by molar-refractivity contribution is 6.30. The Kier molecular flexibility index (Phi) is 4.55. The molecule has 3 aromatic rings.